The molecule has 3 saturated carbocycles. The Labute approximate surface area is 267 Å². The zero-order valence-electron chi connectivity index (χ0n) is 29.4. The monoisotopic (exact) mass is 599 g/mol. The topological polar surface area (TPSA) is 35.5 Å². The third-order valence-electron chi connectivity index (χ3n) is 13.2. The Morgan fingerprint density at radius 1 is 0.837 bits per heavy atom. The molecular weight excluding hydrogens is 528 g/mol. The van der Waals surface area contributed by atoms with Gasteiger partial charge in [0, 0.05) is 6.42 Å². The standard InChI is InChI=1S/C40H70O3/c1-7-8-9-10-11-12-13-14-15-16-28-42-38(41)43-33-24-26-39(5)32(29-33)20-21-34-36-23-22-35(31(4)19-17-18-30(2)3)40(36,6)27-25-37(34)39/h20,30-31,33-37H,7-19,21-29H2,1-6H3. The first-order valence-corrected chi connectivity index (χ1v) is 19.2. The van der Waals surface area contributed by atoms with Gasteiger partial charge in [0.05, 0.1) is 6.61 Å². The van der Waals surface area contributed by atoms with Gasteiger partial charge in [-0.3, -0.25) is 0 Å². The summed E-state index contributed by atoms with van der Waals surface area (Å²) < 4.78 is 11.4. The molecule has 0 aliphatic heterocycles. The molecule has 3 heteroatoms. The number of allylic oxidation sites excluding steroid dienone is 1. The van der Waals surface area contributed by atoms with Crippen molar-refractivity contribution in [1.82, 2.24) is 0 Å². The fourth-order valence-electron chi connectivity index (χ4n) is 10.7. The summed E-state index contributed by atoms with van der Waals surface area (Å²) in [7, 11) is 0. The molecule has 248 valence electrons. The molecule has 0 aromatic rings. The second-order valence-electron chi connectivity index (χ2n) is 16.6. The smallest absolute Gasteiger partial charge is 0.434 e. The minimum atomic E-state index is -0.438. The van der Waals surface area contributed by atoms with E-state index in [1.807, 2.05) is 0 Å². The van der Waals surface area contributed by atoms with Crippen LogP contribution in [0.1, 0.15) is 176 Å². The van der Waals surface area contributed by atoms with Crippen molar-refractivity contribution in [1.29, 1.82) is 0 Å². The highest BCUT2D eigenvalue weighted by Crippen LogP contribution is 2.67. The normalized spacial score (nSPS) is 34.2. The molecule has 0 saturated heterocycles. The maximum absolute atomic E-state index is 12.5. The Morgan fingerprint density at radius 3 is 2.23 bits per heavy atom. The first-order valence-electron chi connectivity index (χ1n) is 19.2. The number of fused-ring (bicyclic) bond motifs is 5. The first-order chi connectivity index (χ1) is 20.7. The predicted molar refractivity (Wildman–Crippen MR) is 181 cm³/mol. The van der Waals surface area contributed by atoms with Crippen LogP contribution in [0.5, 0.6) is 0 Å². The van der Waals surface area contributed by atoms with E-state index in [0.29, 0.717) is 17.4 Å². The second kappa shape index (κ2) is 16.5. The van der Waals surface area contributed by atoms with Crippen LogP contribution in [0.15, 0.2) is 11.6 Å². The molecule has 43 heavy (non-hydrogen) atoms. The minimum absolute atomic E-state index is 0.00695. The molecule has 0 bridgehead atoms. The van der Waals surface area contributed by atoms with E-state index >= 15 is 0 Å². The van der Waals surface area contributed by atoms with Gasteiger partial charge in [-0.05, 0) is 97.7 Å². The number of carbonyl (C=O) groups is 1. The van der Waals surface area contributed by atoms with Gasteiger partial charge in [-0.15, -0.1) is 0 Å². The maximum atomic E-state index is 12.5. The molecule has 0 amide bonds. The third kappa shape index (κ3) is 8.84. The van der Waals surface area contributed by atoms with E-state index in [9.17, 15) is 4.79 Å². The van der Waals surface area contributed by atoms with Gasteiger partial charge < -0.3 is 9.47 Å². The van der Waals surface area contributed by atoms with Crippen LogP contribution in [0, 0.1) is 46.3 Å². The van der Waals surface area contributed by atoms with Crippen LogP contribution in [-0.4, -0.2) is 18.9 Å². The van der Waals surface area contributed by atoms with Gasteiger partial charge in [-0.2, -0.15) is 0 Å². The molecule has 4 rings (SSSR count). The van der Waals surface area contributed by atoms with Crippen LogP contribution in [0.4, 0.5) is 4.79 Å². The van der Waals surface area contributed by atoms with Crippen molar-refractivity contribution in [3.63, 3.8) is 0 Å². The fourth-order valence-corrected chi connectivity index (χ4v) is 10.7. The molecular formula is C40H70O3. The molecule has 4 aliphatic rings. The summed E-state index contributed by atoms with van der Waals surface area (Å²) in [5.74, 6) is 5.17. The zero-order valence-corrected chi connectivity index (χ0v) is 29.4. The number of ether oxygens (including phenoxy) is 2. The summed E-state index contributed by atoms with van der Waals surface area (Å²) in [6.07, 6.45) is 29.3. The quantitative estimate of drug-likeness (QED) is 0.0949. The van der Waals surface area contributed by atoms with E-state index in [1.165, 1.54) is 103 Å². The molecule has 3 fully saturated rings. The minimum Gasteiger partial charge on any atom is -0.434 e. The van der Waals surface area contributed by atoms with Crippen molar-refractivity contribution in [3.05, 3.63) is 11.6 Å². The molecule has 0 spiro atoms. The van der Waals surface area contributed by atoms with Crippen LogP contribution >= 0.6 is 0 Å². The lowest BCUT2D eigenvalue weighted by molar-refractivity contribution is -0.0617. The molecule has 0 aromatic carbocycles. The number of rotatable bonds is 17. The van der Waals surface area contributed by atoms with Crippen molar-refractivity contribution in [2.45, 2.75) is 182 Å². The predicted octanol–water partition coefficient (Wildman–Crippen LogP) is 12.5. The van der Waals surface area contributed by atoms with Crippen molar-refractivity contribution < 1.29 is 14.3 Å². The van der Waals surface area contributed by atoms with Crippen LogP contribution in [0.25, 0.3) is 0 Å². The van der Waals surface area contributed by atoms with E-state index < -0.39 is 6.16 Å². The SMILES string of the molecule is CCCCCCCCCCCCOC(=O)OC1CCC2(C)C(=CCC3C2CCC2(C)C(C(C)CCCC(C)C)CCC32)C1. The first kappa shape index (κ1) is 34.9. The van der Waals surface area contributed by atoms with Crippen LogP contribution < -0.4 is 0 Å². The Morgan fingerprint density at radius 2 is 1.53 bits per heavy atom. The summed E-state index contributed by atoms with van der Waals surface area (Å²) >= 11 is 0. The van der Waals surface area contributed by atoms with Crippen LogP contribution in [0.3, 0.4) is 0 Å². The van der Waals surface area contributed by atoms with Crippen molar-refractivity contribution >= 4 is 6.16 Å². The van der Waals surface area contributed by atoms with E-state index in [1.54, 1.807) is 5.57 Å². The maximum Gasteiger partial charge on any atom is 0.508 e. The van der Waals surface area contributed by atoms with Gasteiger partial charge in [0.1, 0.15) is 6.10 Å². The number of unbranched alkanes of at least 4 members (excludes halogenated alkanes) is 9. The molecule has 0 radical (unpaired) electrons. The van der Waals surface area contributed by atoms with E-state index in [2.05, 4.69) is 47.6 Å². The summed E-state index contributed by atoms with van der Waals surface area (Å²) in [4.78, 5) is 12.5. The average Bonchev–Trinajstić information content (AvgIpc) is 3.33. The van der Waals surface area contributed by atoms with E-state index in [-0.39, 0.29) is 6.10 Å². The summed E-state index contributed by atoms with van der Waals surface area (Å²) in [6, 6.07) is 0. The molecule has 3 nitrogen and oxygen atoms in total. The highest BCUT2D eigenvalue weighted by molar-refractivity contribution is 5.60. The lowest BCUT2D eigenvalue weighted by atomic mass is 9.47. The zero-order chi connectivity index (χ0) is 30.9. The summed E-state index contributed by atoms with van der Waals surface area (Å²) in [5, 5.41) is 0. The second-order valence-corrected chi connectivity index (χ2v) is 16.6. The van der Waals surface area contributed by atoms with Gasteiger partial charge in [0.15, 0.2) is 0 Å². The molecule has 0 heterocycles. The van der Waals surface area contributed by atoms with Gasteiger partial charge in [0.25, 0.3) is 0 Å². The van der Waals surface area contributed by atoms with Gasteiger partial charge >= 0.3 is 6.16 Å². The largest absolute Gasteiger partial charge is 0.508 e. The Hall–Kier alpha value is -0.990. The van der Waals surface area contributed by atoms with Crippen LogP contribution in [-0.2, 0) is 9.47 Å². The van der Waals surface area contributed by atoms with Crippen molar-refractivity contribution in [3.8, 4) is 0 Å². The highest BCUT2D eigenvalue weighted by atomic mass is 16.7. The Balaban J connectivity index is 1.19. The van der Waals surface area contributed by atoms with Crippen molar-refractivity contribution in [2.24, 2.45) is 46.3 Å². The van der Waals surface area contributed by atoms with Crippen molar-refractivity contribution in [2.75, 3.05) is 6.61 Å². The summed E-state index contributed by atoms with van der Waals surface area (Å²) in [5.41, 5.74) is 2.43. The fraction of sp³-hybridized carbons (Fsp3) is 0.925. The Bertz CT molecular complexity index is 877. The molecule has 8 unspecified atom stereocenters. The van der Waals surface area contributed by atoms with Gasteiger partial charge in [-0.1, -0.05) is 130 Å². The highest BCUT2D eigenvalue weighted by Gasteiger charge is 2.59. The molecule has 0 aromatic heterocycles. The number of hydrogen-bond donors (Lipinski definition) is 0. The Kier molecular flexibility index (Phi) is 13.4. The summed E-state index contributed by atoms with van der Waals surface area (Å²) in [6.45, 7) is 15.4. The van der Waals surface area contributed by atoms with Gasteiger partial charge in [0.2, 0.25) is 0 Å². The van der Waals surface area contributed by atoms with Gasteiger partial charge in [-0.25, -0.2) is 4.79 Å². The van der Waals surface area contributed by atoms with E-state index in [0.717, 1.165) is 67.6 Å². The third-order valence-corrected chi connectivity index (χ3v) is 13.2. The number of carbonyl (C=O) groups excluding carboxylic acids is 1. The van der Waals surface area contributed by atoms with Crippen LogP contribution in [0.2, 0.25) is 0 Å². The lowest BCUT2D eigenvalue weighted by Gasteiger charge is -2.58. The average molecular weight is 599 g/mol. The number of hydrogen-bond acceptors (Lipinski definition) is 3. The van der Waals surface area contributed by atoms with E-state index in [4.69, 9.17) is 9.47 Å². The molecule has 4 aliphatic carbocycles. The molecule has 0 N–H and O–H groups in total. The lowest BCUT2D eigenvalue weighted by Crippen LogP contribution is -2.51. The molecule has 8 atom stereocenters.